The van der Waals surface area contributed by atoms with Gasteiger partial charge in [-0.05, 0) is 32.0 Å². The van der Waals surface area contributed by atoms with Gasteiger partial charge in [0.2, 0.25) is 0 Å². The predicted molar refractivity (Wildman–Crippen MR) is 129 cm³/mol. The third-order valence-electron chi connectivity index (χ3n) is 5.29. The van der Waals surface area contributed by atoms with Gasteiger partial charge >= 0.3 is 12.1 Å². The number of halogens is 4. The molecule has 0 unspecified atom stereocenters. The lowest BCUT2D eigenvalue weighted by atomic mass is 10.1. The predicted octanol–water partition coefficient (Wildman–Crippen LogP) is 4.67. The van der Waals surface area contributed by atoms with Crippen LogP contribution in [-0.2, 0) is 4.79 Å². The van der Waals surface area contributed by atoms with Gasteiger partial charge in [-0.15, -0.1) is 0 Å². The van der Waals surface area contributed by atoms with E-state index in [4.69, 9.17) is 29.3 Å². The summed E-state index contributed by atoms with van der Waals surface area (Å²) >= 11 is 0. The lowest BCUT2D eigenvalue weighted by molar-refractivity contribution is -0.192. The molecule has 1 aliphatic heterocycles. The number of aromatic nitrogens is 3. The minimum atomic E-state index is -5.08. The maximum absolute atomic E-state index is 14.2. The van der Waals surface area contributed by atoms with E-state index in [-0.39, 0.29) is 17.9 Å². The van der Waals surface area contributed by atoms with Crippen LogP contribution in [-0.4, -0.2) is 64.5 Å². The Hall–Kier alpha value is -3.90. The van der Waals surface area contributed by atoms with Crippen molar-refractivity contribution < 1.29 is 36.9 Å². The second-order valence-electron chi connectivity index (χ2n) is 8.46. The first-order valence-electron chi connectivity index (χ1n) is 11.4. The molecular weight excluding hydrogens is 498 g/mol. The first-order chi connectivity index (χ1) is 17.5. The van der Waals surface area contributed by atoms with Gasteiger partial charge in [0.25, 0.3) is 0 Å². The fourth-order valence-corrected chi connectivity index (χ4v) is 3.56. The molecule has 3 aromatic rings. The summed E-state index contributed by atoms with van der Waals surface area (Å²) in [6.07, 6.45) is -0.163. The fourth-order valence-electron chi connectivity index (χ4n) is 3.56. The highest BCUT2D eigenvalue weighted by molar-refractivity contribution is 5.79. The third-order valence-corrected chi connectivity index (χ3v) is 5.29. The van der Waals surface area contributed by atoms with Crippen LogP contribution >= 0.6 is 0 Å². The summed E-state index contributed by atoms with van der Waals surface area (Å²) in [4.78, 5) is 24.8. The van der Waals surface area contributed by atoms with Gasteiger partial charge in [-0.25, -0.2) is 19.2 Å². The van der Waals surface area contributed by atoms with Crippen LogP contribution in [0.3, 0.4) is 0 Å². The van der Waals surface area contributed by atoms with Crippen LogP contribution in [0.2, 0.25) is 0 Å². The smallest absolute Gasteiger partial charge is 0.490 e. The highest BCUT2D eigenvalue weighted by Crippen LogP contribution is 2.30. The number of nitrogens with one attached hydrogen (secondary N) is 1. The van der Waals surface area contributed by atoms with Gasteiger partial charge in [-0.1, -0.05) is 0 Å². The Labute approximate surface area is 210 Å². The van der Waals surface area contributed by atoms with Crippen LogP contribution in [0.1, 0.15) is 26.7 Å². The van der Waals surface area contributed by atoms with Gasteiger partial charge in [0.1, 0.15) is 17.4 Å². The van der Waals surface area contributed by atoms with Crippen molar-refractivity contribution in [1.29, 1.82) is 0 Å². The number of anilines is 2. The molecule has 0 atom stereocenters. The number of hydrogen-bond donors (Lipinski definition) is 2. The molecule has 0 aliphatic carbocycles. The summed E-state index contributed by atoms with van der Waals surface area (Å²) in [6, 6.07) is 6.76. The molecule has 1 aliphatic rings. The zero-order valence-electron chi connectivity index (χ0n) is 20.4. The van der Waals surface area contributed by atoms with E-state index >= 15 is 0 Å². The molecule has 0 amide bonds. The maximum atomic E-state index is 14.2. The molecule has 0 saturated carbocycles. The second-order valence-corrected chi connectivity index (χ2v) is 8.46. The van der Waals surface area contributed by atoms with Crippen LogP contribution in [0.15, 0.2) is 36.7 Å². The van der Waals surface area contributed by atoms with Crippen LogP contribution in [0, 0.1) is 5.82 Å². The Morgan fingerprint density at radius 3 is 2.41 bits per heavy atom. The Morgan fingerprint density at radius 1 is 1.16 bits per heavy atom. The number of nitrogens with zero attached hydrogens (tertiary/aromatic N) is 4. The van der Waals surface area contributed by atoms with Gasteiger partial charge in [0, 0.05) is 44.2 Å². The number of aliphatic carboxylic acids is 1. The van der Waals surface area contributed by atoms with Gasteiger partial charge in [0.05, 0.1) is 18.8 Å². The number of carboxylic acid groups (broad SMARTS) is 1. The number of carbonyl (C=O) groups is 1. The van der Waals surface area contributed by atoms with Crippen LogP contribution < -0.4 is 19.7 Å². The molecule has 37 heavy (non-hydrogen) atoms. The van der Waals surface area contributed by atoms with Crippen LogP contribution in [0.5, 0.6) is 11.5 Å². The van der Waals surface area contributed by atoms with Gasteiger partial charge in [-0.3, -0.25) is 4.98 Å². The minimum Gasteiger partial charge on any atom is -0.497 e. The summed E-state index contributed by atoms with van der Waals surface area (Å²) in [6.45, 7) is 5.64. The fraction of sp³-hybridized carbons (Fsp3) is 0.417. The summed E-state index contributed by atoms with van der Waals surface area (Å²) in [5.74, 6) is -0.847. The number of rotatable bonds is 6. The molecule has 1 saturated heterocycles. The molecule has 0 radical (unpaired) electrons. The molecule has 13 heteroatoms. The van der Waals surface area contributed by atoms with E-state index < -0.39 is 18.0 Å². The molecule has 3 heterocycles. The molecule has 4 rings (SSSR count). The number of benzene rings is 1. The molecular formula is C24H27F4N5O4. The zero-order valence-corrected chi connectivity index (χ0v) is 20.4. The summed E-state index contributed by atoms with van der Waals surface area (Å²) < 4.78 is 56.9. The van der Waals surface area contributed by atoms with Gasteiger partial charge in [-0.2, -0.15) is 13.2 Å². The number of fused-ring (bicyclic) bond motifs is 1. The highest BCUT2D eigenvalue weighted by atomic mass is 19.4. The van der Waals surface area contributed by atoms with Crippen molar-refractivity contribution in [3.63, 3.8) is 0 Å². The Kier molecular flexibility index (Phi) is 8.90. The monoisotopic (exact) mass is 525 g/mol. The van der Waals surface area contributed by atoms with Crippen LogP contribution in [0.4, 0.5) is 29.2 Å². The molecule has 1 aromatic carbocycles. The number of carboxylic acids is 1. The lowest BCUT2D eigenvalue weighted by Gasteiger charge is -2.34. The Morgan fingerprint density at radius 2 is 1.84 bits per heavy atom. The number of methoxy groups -OCH3 is 1. The average molecular weight is 526 g/mol. The van der Waals surface area contributed by atoms with E-state index in [2.05, 4.69) is 29.0 Å². The maximum Gasteiger partial charge on any atom is 0.490 e. The number of ether oxygens (including phenoxy) is 2. The van der Waals surface area contributed by atoms with E-state index in [1.807, 2.05) is 6.07 Å². The molecule has 0 bridgehead atoms. The molecule has 2 N–H and O–H groups in total. The summed E-state index contributed by atoms with van der Waals surface area (Å²) in [5, 5.41) is 10.5. The third kappa shape index (κ3) is 7.54. The second kappa shape index (κ2) is 11.9. The number of pyridine rings is 1. The normalized spacial score (nSPS) is 14.2. The van der Waals surface area contributed by atoms with Crippen molar-refractivity contribution in [2.75, 3.05) is 30.4 Å². The van der Waals surface area contributed by atoms with Crippen molar-refractivity contribution in [3.05, 3.63) is 42.5 Å². The van der Waals surface area contributed by atoms with E-state index in [1.54, 1.807) is 24.5 Å². The largest absolute Gasteiger partial charge is 0.497 e. The minimum absolute atomic E-state index is 0.0549. The first-order valence-corrected chi connectivity index (χ1v) is 11.4. The zero-order chi connectivity index (χ0) is 27.2. The quantitative estimate of drug-likeness (QED) is 0.444. The molecule has 2 aromatic heterocycles. The summed E-state index contributed by atoms with van der Waals surface area (Å²) in [7, 11) is 1.51. The van der Waals surface area contributed by atoms with Gasteiger partial charge < -0.3 is 24.8 Å². The van der Waals surface area contributed by atoms with Crippen molar-refractivity contribution >= 4 is 28.6 Å². The standard InChI is InChI=1S/C22H26FN5O2.C2HF3O2/c1-14(2)25-21-22(27-19-13-24-9-6-18(19)26-21)28-10-7-15(8-11-28)30-20-5-4-16(29-3)12-17(20)23;3-2(4,5)1(6)7/h4-6,9,12-15H,7-8,10-11H2,1-3H3,(H,25,26);(H,6,7). The average Bonchev–Trinajstić information content (AvgIpc) is 2.85. The van der Waals surface area contributed by atoms with Crippen molar-refractivity contribution in [2.45, 2.75) is 45.0 Å². The number of hydrogen-bond acceptors (Lipinski definition) is 8. The van der Waals surface area contributed by atoms with E-state index in [0.717, 1.165) is 48.6 Å². The van der Waals surface area contributed by atoms with E-state index in [9.17, 15) is 17.6 Å². The number of piperidine rings is 1. The van der Waals surface area contributed by atoms with Crippen LogP contribution in [0.25, 0.3) is 11.0 Å². The van der Waals surface area contributed by atoms with Gasteiger partial charge in [0.15, 0.2) is 23.2 Å². The molecule has 9 nitrogen and oxygen atoms in total. The molecule has 200 valence electrons. The van der Waals surface area contributed by atoms with Crippen molar-refractivity contribution in [2.24, 2.45) is 0 Å². The topological polar surface area (TPSA) is 110 Å². The first kappa shape index (κ1) is 27.7. The molecule has 0 spiro atoms. The van der Waals surface area contributed by atoms with Crippen molar-refractivity contribution in [1.82, 2.24) is 15.0 Å². The number of alkyl halides is 3. The Balaban J connectivity index is 0.000000479. The Bertz CT molecular complexity index is 1220. The molecule has 1 fully saturated rings. The lowest BCUT2D eigenvalue weighted by Crippen LogP contribution is -2.39. The van der Waals surface area contributed by atoms with Crippen molar-refractivity contribution in [3.8, 4) is 11.5 Å². The SMILES string of the molecule is COc1ccc(OC2CCN(c3nc4cnccc4nc3NC(C)C)CC2)c(F)c1.O=C(O)C(F)(F)F. The summed E-state index contributed by atoms with van der Waals surface area (Å²) in [5.41, 5.74) is 1.57. The van der Waals surface area contributed by atoms with E-state index in [1.165, 1.54) is 13.2 Å². The van der Waals surface area contributed by atoms with E-state index in [0.29, 0.717) is 5.75 Å². The highest BCUT2D eigenvalue weighted by Gasteiger charge is 2.38.